The van der Waals surface area contributed by atoms with Crippen LogP contribution in [-0.4, -0.2) is 23.5 Å². The first-order chi connectivity index (χ1) is 13.5. The quantitative estimate of drug-likeness (QED) is 0.797. The van der Waals surface area contributed by atoms with E-state index in [0.29, 0.717) is 28.4 Å². The molecule has 28 heavy (non-hydrogen) atoms. The van der Waals surface area contributed by atoms with Gasteiger partial charge in [0, 0.05) is 17.3 Å². The topological polar surface area (TPSA) is 85.2 Å². The van der Waals surface area contributed by atoms with Crippen LogP contribution in [0.2, 0.25) is 5.02 Å². The number of imide groups is 1. The van der Waals surface area contributed by atoms with Crippen molar-refractivity contribution < 1.29 is 9.59 Å². The molecule has 0 saturated heterocycles. The highest BCUT2D eigenvalue weighted by Crippen LogP contribution is 2.35. The average Bonchev–Trinajstić information content (AvgIpc) is 2.68. The lowest BCUT2D eigenvalue weighted by Gasteiger charge is -2.35. The molecule has 4 amide bonds. The van der Waals surface area contributed by atoms with Crippen LogP contribution >= 0.6 is 11.6 Å². The molecular formula is C21H19ClN4O2. The van der Waals surface area contributed by atoms with Crippen molar-refractivity contribution in [3.63, 3.8) is 0 Å². The number of nitriles is 1. The number of halogens is 1. The summed E-state index contributed by atoms with van der Waals surface area (Å²) in [6, 6.07) is 15.0. The standard InChI is InChI=1S/C21H19ClN4O2/c1-3-24-20(27)26-19(18(12-23)13(2)25-21(26)28)16-6-4-5-15(11-16)14-7-9-17(22)10-8-14/h4-11,19H,3H2,1-2H3,(H,24,27)(H,25,28). The van der Waals surface area contributed by atoms with Crippen LogP contribution in [0.4, 0.5) is 9.59 Å². The molecule has 3 rings (SSSR count). The molecule has 0 aromatic heterocycles. The first kappa shape index (κ1) is 19.5. The molecule has 2 N–H and O–H groups in total. The van der Waals surface area contributed by atoms with Crippen LogP contribution in [0.25, 0.3) is 11.1 Å². The zero-order valence-corrected chi connectivity index (χ0v) is 16.2. The van der Waals surface area contributed by atoms with E-state index in [4.69, 9.17) is 11.6 Å². The Morgan fingerprint density at radius 1 is 1.25 bits per heavy atom. The van der Waals surface area contributed by atoms with Gasteiger partial charge in [-0.25, -0.2) is 14.5 Å². The Bertz CT molecular complexity index is 992. The van der Waals surface area contributed by atoms with Crippen molar-refractivity contribution in [2.75, 3.05) is 6.54 Å². The first-order valence-electron chi connectivity index (χ1n) is 8.81. The average molecular weight is 395 g/mol. The second-order valence-electron chi connectivity index (χ2n) is 6.32. The lowest BCUT2D eigenvalue weighted by molar-refractivity contribution is 0.173. The number of urea groups is 2. The fourth-order valence-corrected chi connectivity index (χ4v) is 3.30. The van der Waals surface area contributed by atoms with E-state index in [1.165, 1.54) is 0 Å². The van der Waals surface area contributed by atoms with Gasteiger partial charge < -0.3 is 10.6 Å². The number of nitrogens with zero attached hydrogens (tertiary/aromatic N) is 2. The van der Waals surface area contributed by atoms with Crippen molar-refractivity contribution in [2.45, 2.75) is 19.9 Å². The summed E-state index contributed by atoms with van der Waals surface area (Å²) >= 11 is 5.97. The monoisotopic (exact) mass is 394 g/mol. The van der Waals surface area contributed by atoms with E-state index in [-0.39, 0.29) is 0 Å². The zero-order chi connectivity index (χ0) is 20.3. The van der Waals surface area contributed by atoms with Crippen molar-refractivity contribution in [3.8, 4) is 17.2 Å². The molecule has 1 atom stereocenters. The van der Waals surface area contributed by atoms with Gasteiger partial charge in [0.1, 0.15) is 6.04 Å². The van der Waals surface area contributed by atoms with Gasteiger partial charge in [-0.15, -0.1) is 0 Å². The molecular weight excluding hydrogens is 376 g/mol. The molecule has 2 aromatic carbocycles. The third-order valence-corrected chi connectivity index (χ3v) is 4.75. The number of amides is 4. The number of hydrogen-bond donors (Lipinski definition) is 2. The van der Waals surface area contributed by atoms with Crippen LogP contribution in [0.3, 0.4) is 0 Å². The van der Waals surface area contributed by atoms with Gasteiger partial charge in [0.25, 0.3) is 0 Å². The highest BCUT2D eigenvalue weighted by molar-refractivity contribution is 6.30. The van der Waals surface area contributed by atoms with E-state index >= 15 is 0 Å². The molecule has 1 unspecified atom stereocenters. The van der Waals surface area contributed by atoms with E-state index in [0.717, 1.165) is 16.0 Å². The van der Waals surface area contributed by atoms with Gasteiger partial charge in [-0.2, -0.15) is 5.26 Å². The van der Waals surface area contributed by atoms with Gasteiger partial charge in [0.15, 0.2) is 0 Å². The number of benzene rings is 2. The Morgan fingerprint density at radius 2 is 1.96 bits per heavy atom. The normalized spacial score (nSPS) is 16.4. The minimum absolute atomic E-state index is 0.319. The molecule has 0 spiro atoms. The predicted molar refractivity (Wildman–Crippen MR) is 107 cm³/mol. The third-order valence-electron chi connectivity index (χ3n) is 4.50. The Balaban J connectivity index is 2.11. The van der Waals surface area contributed by atoms with Crippen LogP contribution in [0.15, 0.2) is 59.8 Å². The number of rotatable bonds is 3. The summed E-state index contributed by atoms with van der Waals surface area (Å²) in [4.78, 5) is 26.2. The van der Waals surface area contributed by atoms with Crippen LogP contribution in [0, 0.1) is 11.3 Å². The highest BCUT2D eigenvalue weighted by Gasteiger charge is 2.38. The van der Waals surface area contributed by atoms with E-state index in [9.17, 15) is 14.9 Å². The maximum absolute atomic E-state index is 12.6. The maximum Gasteiger partial charge on any atom is 0.330 e. The van der Waals surface area contributed by atoms with E-state index in [1.807, 2.05) is 30.3 Å². The fourth-order valence-electron chi connectivity index (χ4n) is 3.18. The number of hydrogen-bond acceptors (Lipinski definition) is 3. The van der Waals surface area contributed by atoms with Gasteiger partial charge in [0.05, 0.1) is 11.6 Å². The maximum atomic E-state index is 12.6. The van der Waals surface area contributed by atoms with E-state index in [2.05, 4.69) is 16.7 Å². The van der Waals surface area contributed by atoms with Gasteiger partial charge in [-0.1, -0.05) is 41.9 Å². The van der Waals surface area contributed by atoms with Gasteiger partial charge >= 0.3 is 12.1 Å². The van der Waals surface area contributed by atoms with Crippen LogP contribution in [0.1, 0.15) is 25.5 Å². The molecule has 0 aliphatic carbocycles. The molecule has 6 nitrogen and oxygen atoms in total. The van der Waals surface area contributed by atoms with Crippen molar-refractivity contribution in [1.82, 2.24) is 15.5 Å². The summed E-state index contributed by atoms with van der Waals surface area (Å²) in [7, 11) is 0. The molecule has 1 heterocycles. The SMILES string of the molecule is CCNC(=O)N1C(=O)NC(C)=C(C#N)C1c1cccc(-c2ccc(Cl)cc2)c1. The number of nitrogens with one attached hydrogen (secondary N) is 2. The fraction of sp³-hybridized carbons (Fsp3) is 0.190. The minimum atomic E-state index is -0.808. The number of allylic oxidation sites excluding steroid dienone is 1. The minimum Gasteiger partial charge on any atom is -0.338 e. The summed E-state index contributed by atoms with van der Waals surface area (Å²) in [5, 5.41) is 15.6. The van der Waals surface area contributed by atoms with E-state index in [1.54, 1.807) is 32.0 Å². The van der Waals surface area contributed by atoms with Crippen molar-refractivity contribution in [2.24, 2.45) is 0 Å². The lowest BCUT2D eigenvalue weighted by atomic mass is 9.92. The number of carbonyl (C=O) groups excluding carboxylic acids is 2. The van der Waals surface area contributed by atoms with Crippen LogP contribution in [-0.2, 0) is 0 Å². The van der Waals surface area contributed by atoms with Gasteiger partial charge in [0.2, 0.25) is 0 Å². The van der Waals surface area contributed by atoms with Gasteiger partial charge in [-0.3, -0.25) is 0 Å². The second-order valence-corrected chi connectivity index (χ2v) is 6.76. The third kappa shape index (κ3) is 3.71. The smallest absolute Gasteiger partial charge is 0.330 e. The zero-order valence-electron chi connectivity index (χ0n) is 15.5. The predicted octanol–water partition coefficient (Wildman–Crippen LogP) is 4.60. The lowest BCUT2D eigenvalue weighted by Crippen LogP contribution is -2.53. The molecule has 2 aromatic rings. The second kappa shape index (κ2) is 8.15. The number of carbonyl (C=O) groups is 2. The molecule has 1 aliphatic heterocycles. The van der Waals surface area contributed by atoms with Crippen molar-refractivity contribution in [3.05, 3.63) is 70.4 Å². The Kier molecular flexibility index (Phi) is 5.67. The molecule has 0 fully saturated rings. The first-order valence-corrected chi connectivity index (χ1v) is 9.18. The molecule has 0 bridgehead atoms. The summed E-state index contributed by atoms with van der Waals surface area (Å²) in [6.45, 7) is 3.79. The Labute approximate surface area is 168 Å². The molecule has 1 aliphatic rings. The highest BCUT2D eigenvalue weighted by atomic mass is 35.5. The molecule has 7 heteroatoms. The van der Waals surface area contributed by atoms with Crippen LogP contribution in [0.5, 0.6) is 0 Å². The Morgan fingerprint density at radius 3 is 2.61 bits per heavy atom. The summed E-state index contributed by atoms with van der Waals surface area (Å²) in [5.41, 5.74) is 3.26. The van der Waals surface area contributed by atoms with Gasteiger partial charge in [-0.05, 0) is 48.7 Å². The van der Waals surface area contributed by atoms with Crippen LogP contribution < -0.4 is 10.6 Å². The Hall–Kier alpha value is -3.30. The largest absolute Gasteiger partial charge is 0.338 e. The van der Waals surface area contributed by atoms with E-state index < -0.39 is 18.1 Å². The molecule has 142 valence electrons. The molecule has 0 radical (unpaired) electrons. The van der Waals surface area contributed by atoms with Crippen molar-refractivity contribution >= 4 is 23.7 Å². The van der Waals surface area contributed by atoms with Crippen molar-refractivity contribution in [1.29, 1.82) is 5.26 Å². The summed E-state index contributed by atoms with van der Waals surface area (Å²) in [6.07, 6.45) is 0. The summed E-state index contributed by atoms with van der Waals surface area (Å²) < 4.78 is 0. The molecule has 0 saturated carbocycles. The summed E-state index contributed by atoms with van der Waals surface area (Å²) in [5.74, 6) is 0.